The van der Waals surface area contributed by atoms with Crippen LogP contribution in [0.25, 0.3) is 5.69 Å². The van der Waals surface area contributed by atoms with E-state index < -0.39 is 11.6 Å². The number of nitrogens with one attached hydrogen (secondary N) is 1. The van der Waals surface area contributed by atoms with Crippen LogP contribution in [0.4, 0.5) is 26.1 Å². The van der Waals surface area contributed by atoms with Gasteiger partial charge in [0.05, 0.1) is 11.8 Å². The third-order valence-corrected chi connectivity index (χ3v) is 5.60. The molecule has 1 aromatic heterocycles. The van der Waals surface area contributed by atoms with E-state index in [4.69, 9.17) is 0 Å². The molecular formula is C23H28F2N6O. The fourth-order valence-electron chi connectivity index (χ4n) is 3.88. The number of aliphatic hydroxyl groups is 1. The third-order valence-electron chi connectivity index (χ3n) is 5.60. The van der Waals surface area contributed by atoms with Crippen molar-refractivity contribution in [1.29, 1.82) is 0 Å². The Bertz CT molecular complexity index is 1040. The molecule has 1 unspecified atom stereocenters. The minimum absolute atomic E-state index is 0.263. The lowest BCUT2D eigenvalue weighted by Crippen LogP contribution is -2.48. The molecule has 0 bridgehead atoms. The van der Waals surface area contributed by atoms with Gasteiger partial charge in [-0.2, -0.15) is 4.98 Å². The van der Waals surface area contributed by atoms with E-state index in [0.29, 0.717) is 12.5 Å². The lowest BCUT2D eigenvalue weighted by Gasteiger charge is -2.37. The zero-order valence-electron chi connectivity index (χ0n) is 18.3. The molecule has 0 amide bonds. The Morgan fingerprint density at radius 1 is 1.00 bits per heavy atom. The molecule has 0 saturated carbocycles. The van der Waals surface area contributed by atoms with Crippen LogP contribution in [0.3, 0.4) is 0 Å². The fraction of sp³-hybridized carbons (Fsp3) is 0.391. The van der Waals surface area contributed by atoms with E-state index in [0.717, 1.165) is 55.6 Å². The maximum Gasteiger partial charge on any atom is 0.246 e. The van der Waals surface area contributed by atoms with Gasteiger partial charge in [0, 0.05) is 50.2 Å². The Balaban J connectivity index is 1.44. The van der Waals surface area contributed by atoms with Gasteiger partial charge in [-0.15, -0.1) is 5.10 Å². The number of hydrogen-bond donors (Lipinski definition) is 2. The summed E-state index contributed by atoms with van der Waals surface area (Å²) in [5, 5.41) is 17.4. The van der Waals surface area contributed by atoms with Crippen molar-refractivity contribution >= 4 is 17.3 Å². The standard InChI is InChI=1S/C23H28F2N6O/c1-3-22(32)14-29-4-6-30(7-5-29)20-9-16(2)8-19(13-20)27-23-26-15-31(28-23)21-11-17(24)10-18(25)12-21/h8-13,15,22,32H,3-7,14H2,1-2H3,(H,27,28). The van der Waals surface area contributed by atoms with Gasteiger partial charge in [0.1, 0.15) is 18.0 Å². The summed E-state index contributed by atoms with van der Waals surface area (Å²) in [5.74, 6) is -1.00. The van der Waals surface area contributed by atoms with Crippen molar-refractivity contribution in [3.8, 4) is 5.69 Å². The molecule has 1 aliphatic rings. The van der Waals surface area contributed by atoms with Crippen LogP contribution in [0.15, 0.2) is 42.7 Å². The van der Waals surface area contributed by atoms with E-state index in [1.165, 1.54) is 23.1 Å². The number of β-amino-alcohol motifs (C(OH)–C–C–N with tert-alkyl or cyclic N) is 1. The lowest BCUT2D eigenvalue weighted by molar-refractivity contribution is 0.106. The Hall–Kier alpha value is -3.04. The second-order valence-electron chi connectivity index (χ2n) is 8.17. The first-order valence-electron chi connectivity index (χ1n) is 10.8. The van der Waals surface area contributed by atoms with Crippen LogP contribution < -0.4 is 10.2 Å². The number of piperazine rings is 1. The fourth-order valence-corrected chi connectivity index (χ4v) is 3.88. The molecule has 170 valence electrons. The number of hydrogen-bond acceptors (Lipinski definition) is 6. The predicted molar refractivity (Wildman–Crippen MR) is 121 cm³/mol. The summed E-state index contributed by atoms with van der Waals surface area (Å²) in [6, 6.07) is 9.41. The van der Waals surface area contributed by atoms with Crippen molar-refractivity contribution in [3.05, 3.63) is 59.9 Å². The summed E-state index contributed by atoms with van der Waals surface area (Å²) in [6.07, 6.45) is 1.91. The molecule has 2 N–H and O–H groups in total. The molecule has 0 radical (unpaired) electrons. The molecule has 1 saturated heterocycles. The molecular weight excluding hydrogens is 414 g/mol. The summed E-state index contributed by atoms with van der Waals surface area (Å²) >= 11 is 0. The van der Waals surface area contributed by atoms with Gasteiger partial charge in [-0.3, -0.25) is 4.90 Å². The highest BCUT2D eigenvalue weighted by molar-refractivity contribution is 5.64. The maximum absolute atomic E-state index is 13.5. The van der Waals surface area contributed by atoms with Crippen LogP contribution in [0, 0.1) is 18.6 Å². The molecule has 1 atom stereocenters. The molecule has 9 heteroatoms. The van der Waals surface area contributed by atoms with E-state index in [1.807, 2.05) is 26.0 Å². The van der Waals surface area contributed by atoms with Crippen molar-refractivity contribution in [2.45, 2.75) is 26.4 Å². The van der Waals surface area contributed by atoms with E-state index in [2.05, 4.69) is 31.3 Å². The van der Waals surface area contributed by atoms with Crippen LogP contribution >= 0.6 is 0 Å². The van der Waals surface area contributed by atoms with Crippen LogP contribution in [-0.4, -0.2) is 63.6 Å². The zero-order valence-corrected chi connectivity index (χ0v) is 18.3. The quantitative estimate of drug-likeness (QED) is 0.584. The van der Waals surface area contributed by atoms with E-state index in [1.54, 1.807) is 0 Å². The topological polar surface area (TPSA) is 69.5 Å². The zero-order chi connectivity index (χ0) is 22.7. The van der Waals surface area contributed by atoms with Gasteiger partial charge in [-0.05, 0) is 49.2 Å². The highest BCUT2D eigenvalue weighted by Crippen LogP contribution is 2.25. The first-order chi connectivity index (χ1) is 15.4. The minimum Gasteiger partial charge on any atom is -0.392 e. The summed E-state index contributed by atoms with van der Waals surface area (Å²) in [5.41, 5.74) is 3.31. The first-order valence-corrected chi connectivity index (χ1v) is 10.8. The van der Waals surface area contributed by atoms with Crippen molar-refractivity contribution in [2.75, 3.05) is 42.9 Å². The van der Waals surface area contributed by atoms with Crippen LogP contribution in [0.1, 0.15) is 18.9 Å². The van der Waals surface area contributed by atoms with Gasteiger partial charge in [0.25, 0.3) is 0 Å². The molecule has 3 aromatic rings. The summed E-state index contributed by atoms with van der Waals surface area (Å²) in [7, 11) is 0. The average Bonchev–Trinajstić information content (AvgIpc) is 3.21. The van der Waals surface area contributed by atoms with Gasteiger partial charge < -0.3 is 15.3 Å². The van der Waals surface area contributed by atoms with Crippen LogP contribution in [-0.2, 0) is 0 Å². The molecule has 0 spiro atoms. The Morgan fingerprint density at radius 2 is 1.72 bits per heavy atom. The second-order valence-corrected chi connectivity index (χ2v) is 8.17. The SMILES string of the molecule is CCC(O)CN1CCN(c2cc(C)cc(Nc3ncn(-c4cc(F)cc(F)c4)n3)c2)CC1. The smallest absolute Gasteiger partial charge is 0.246 e. The van der Waals surface area contributed by atoms with Crippen molar-refractivity contribution < 1.29 is 13.9 Å². The number of aromatic nitrogens is 3. The Kier molecular flexibility index (Phi) is 6.66. The van der Waals surface area contributed by atoms with Gasteiger partial charge in [0.2, 0.25) is 5.95 Å². The molecule has 7 nitrogen and oxygen atoms in total. The average molecular weight is 443 g/mol. The van der Waals surface area contributed by atoms with Crippen LogP contribution in [0.2, 0.25) is 0 Å². The number of aliphatic hydroxyl groups excluding tert-OH is 1. The number of halogens is 2. The number of nitrogens with zero attached hydrogens (tertiary/aromatic N) is 5. The van der Waals surface area contributed by atoms with Gasteiger partial charge in [0.15, 0.2) is 0 Å². The summed E-state index contributed by atoms with van der Waals surface area (Å²) in [4.78, 5) is 8.84. The highest BCUT2D eigenvalue weighted by atomic mass is 19.1. The maximum atomic E-state index is 13.5. The van der Waals surface area contributed by atoms with Crippen molar-refractivity contribution in [1.82, 2.24) is 19.7 Å². The Labute approximate surface area is 186 Å². The van der Waals surface area contributed by atoms with Gasteiger partial charge in [-0.1, -0.05) is 6.92 Å². The summed E-state index contributed by atoms with van der Waals surface area (Å²) < 4.78 is 28.3. The molecule has 1 fully saturated rings. The molecule has 4 rings (SSSR count). The minimum atomic E-state index is -0.669. The van der Waals surface area contributed by atoms with Gasteiger partial charge >= 0.3 is 0 Å². The van der Waals surface area contributed by atoms with Gasteiger partial charge in [-0.25, -0.2) is 13.5 Å². The van der Waals surface area contributed by atoms with E-state index >= 15 is 0 Å². The number of benzene rings is 2. The first kappa shape index (κ1) is 22.2. The molecule has 0 aliphatic carbocycles. The largest absolute Gasteiger partial charge is 0.392 e. The highest BCUT2D eigenvalue weighted by Gasteiger charge is 2.19. The third kappa shape index (κ3) is 5.41. The van der Waals surface area contributed by atoms with E-state index in [9.17, 15) is 13.9 Å². The molecule has 2 heterocycles. The van der Waals surface area contributed by atoms with E-state index in [-0.39, 0.29) is 11.8 Å². The van der Waals surface area contributed by atoms with Crippen LogP contribution in [0.5, 0.6) is 0 Å². The molecule has 1 aliphatic heterocycles. The molecule has 2 aromatic carbocycles. The number of aryl methyl sites for hydroxylation is 1. The number of rotatable bonds is 7. The van der Waals surface area contributed by atoms with Crippen molar-refractivity contribution in [2.24, 2.45) is 0 Å². The van der Waals surface area contributed by atoms with Crippen molar-refractivity contribution in [3.63, 3.8) is 0 Å². The summed E-state index contributed by atoms with van der Waals surface area (Å²) in [6.45, 7) is 8.33. The Morgan fingerprint density at radius 3 is 2.41 bits per heavy atom. The lowest BCUT2D eigenvalue weighted by atomic mass is 10.1. The monoisotopic (exact) mass is 442 g/mol. The predicted octanol–water partition coefficient (Wildman–Crippen LogP) is 3.49. The number of anilines is 3. The second kappa shape index (κ2) is 9.62. The normalized spacial score (nSPS) is 15.7. The molecule has 32 heavy (non-hydrogen) atoms.